The molecule has 0 saturated heterocycles. The fraction of sp³-hybridized carbons (Fsp3) is 0.0694. The second kappa shape index (κ2) is 23.8. The number of nitrogens with zero attached hydrogens (tertiary/aromatic N) is 3. The lowest BCUT2D eigenvalue weighted by atomic mass is 9.98. The van der Waals surface area contributed by atoms with E-state index < -0.39 is 0 Å². The Bertz CT molecular complexity index is 4350. The smallest absolute Gasteiger partial charge is 0.0788 e. The van der Waals surface area contributed by atoms with Crippen LogP contribution < -0.4 is 5.73 Å². The van der Waals surface area contributed by atoms with Gasteiger partial charge in [-0.3, -0.25) is 4.98 Å². The van der Waals surface area contributed by atoms with Crippen LogP contribution in [0.2, 0.25) is 0 Å². The molecular formula is C72H62N6S. The largest absolute Gasteiger partial charge is 0.326 e. The third kappa shape index (κ3) is 10.2. The van der Waals surface area contributed by atoms with E-state index in [0.29, 0.717) is 6.54 Å². The first kappa shape index (κ1) is 52.9. The molecule has 7 heteroatoms. The van der Waals surface area contributed by atoms with Gasteiger partial charge < -0.3 is 25.7 Å². The van der Waals surface area contributed by atoms with Crippen molar-refractivity contribution in [3.63, 3.8) is 0 Å². The first-order chi connectivity index (χ1) is 38.9. The molecule has 79 heavy (non-hydrogen) atoms. The van der Waals surface area contributed by atoms with Gasteiger partial charge in [-0.1, -0.05) is 182 Å². The molecule has 0 atom stereocenters. The van der Waals surface area contributed by atoms with Crippen LogP contribution in [0.3, 0.4) is 0 Å². The Hall–Kier alpha value is -9.53. The predicted octanol–water partition coefficient (Wildman–Crippen LogP) is 18.8. The molecular weight excluding hydrogens is 981 g/mol. The number of fused-ring (bicyclic) bond motifs is 11. The maximum Gasteiger partial charge on any atom is 0.0788 e. The number of benzene rings is 9. The number of rotatable bonds is 7. The van der Waals surface area contributed by atoms with E-state index in [1.807, 2.05) is 48.0 Å². The van der Waals surface area contributed by atoms with E-state index in [2.05, 4.69) is 255 Å². The summed E-state index contributed by atoms with van der Waals surface area (Å²) >= 11 is 1.84. The predicted molar refractivity (Wildman–Crippen MR) is 341 cm³/mol. The standard InChI is InChI=1S/C44H33N3S.C14H12.C12H11N.2CH3N/c1-3-32(44-33(4-2)35-18-9-11-20-41(35)48-44)29-21-24-40-38(26-29)37-23-22-36-34-17-8-10-19-39(34)47(31-16-12-13-28(25-31)27-45)42(36)43(37)46(40)30-14-6-5-7-15-30;1-10-6-7-12-9-11-4-2-3-5-13(11)14(12)8-10;1-10-7-12(9-13-8-10)11-5-3-2-4-6-11;2*1-2/h3-26H,2,27,45H2,1H3;2-8H,9H2,1H3;2-9H,1H3;2*2H,1H2/b32-3-;;;;. The van der Waals surface area contributed by atoms with Crippen molar-refractivity contribution < 1.29 is 0 Å². The van der Waals surface area contributed by atoms with Crippen LogP contribution in [-0.2, 0) is 13.0 Å². The van der Waals surface area contributed by atoms with E-state index in [-0.39, 0.29) is 0 Å². The Labute approximate surface area is 466 Å². The van der Waals surface area contributed by atoms with Crippen LogP contribution in [0.25, 0.3) is 99.0 Å². The summed E-state index contributed by atoms with van der Waals surface area (Å²) in [5, 5.41) is 17.2. The van der Waals surface area contributed by atoms with Crippen LogP contribution in [0.15, 0.2) is 237 Å². The van der Waals surface area contributed by atoms with E-state index >= 15 is 0 Å². The molecule has 0 bridgehead atoms. The molecule has 9 aromatic carbocycles. The maximum atomic E-state index is 6.15. The molecule has 6 nitrogen and oxygen atoms in total. The van der Waals surface area contributed by atoms with Crippen LogP contribution in [-0.4, -0.2) is 27.6 Å². The number of hydrogen-bond acceptors (Lipinski definition) is 5. The Kier molecular flexibility index (Phi) is 15.9. The van der Waals surface area contributed by atoms with Crippen LogP contribution in [0.1, 0.15) is 50.7 Å². The second-order valence-corrected chi connectivity index (χ2v) is 20.4. The third-order valence-corrected chi connectivity index (χ3v) is 15.8. The quantitative estimate of drug-likeness (QED) is 0.139. The summed E-state index contributed by atoms with van der Waals surface area (Å²) in [4.78, 5) is 5.41. The SMILES string of the molecule is C=Cc1c(/C(=C\C)c2ccc3c(c2)c2ccc4c5ccccc5n(-c5cccc(CN)c5)c4c2n3-c2ccccc2)sc2ccccc12.C=N.C=N.Cc1ccc2c(c1)-c1ccccc1C2.Cc1cncc(-c2ccccc2)c1. The highest BCUT2D eigenvalue weighted by molar-refractivity contribution is 7.20. The van der Waals surface area contributed by atoms with Gasteiger partial charge in [0, 0.05) is 77.9 Å². The lowest BCUT2D eigenvalue weighted by molar-refractivity contribution is 1.06. The van der Waals surface area contributed by atoms with Gasteiger partial charge in [0.15, 0.2) is 0 Å². The van der Waals surface area contributed by atoms with Gasteiger partial charge >= 0.3 is 0 Å². The number of hydrogen-bond donors (Lipinski definition) is 3. The van der Waals surface area contributed by atoms with E-state index in [0.717, 1.165) is 23.4 Å². The fourth-order valence-electron chi connectivity index (χ4n) is 11.1. The Balaban J connectivity index is 0.000000183. The first-order valence-corrected chi connectivity index (χ1v) is 27.2. The van der Waals surface area contributed by atoms with E-state index in [1.165, 1.54) is 120 Å². The van der Waals surface area contributed by atoms with Gasteiger partial charge in [0.25, 0.3) is 0 Å². The van der Waals surface area contributed by atoms with E-state index in [9.17, 15) is 0 Å². The first-order valence-electron chi connectivity index (χ1n) is 26.4. The van der Waals surface area contributed by atoms with Crippen molar-refractivity contribution in [2.45, 2.75) is 33.7 Å². The van der Waals surface area contributed by atoms with Gasteiger partial charge in [0.05, 0.1) is 22.1 Å². The molecule has 0 unspecified atom stereocenters. The van der Waals surface area contributed by atoms with Crippen molar-refractivity contribution in [1.29, 1.82) is 10.8 Å². The zero-order chi connectivity index (χ0) is 55.0. The molecule has 4 heterocycles. The topological polar surface area (TPSA) is 96.5 Å². The molecule has 4 aromatic heterocycles. The van der Waals surface area contributed by atoms with E-state index in [1.54, 1.807) is 0 Å². The van der Waals surface area contributed by atoms with Crippen LogP contribution in [0.4, 0.5) is 0 Å². The molecule has 1 aliphatic carbocycles. The molecule has 0 amide bonds. The number of nitrogens with one attached hydrogen (secondary N) is 2. The summed E-state index contributed by atoms with van der Waals surface area (Å²) < 4.78 is 6.15. The zero-order valence-corrected chi connectivity index (χ0v) is 45.7. The highest BCUT2D eigenvalue weighted by atomic mass is 32.1. The van der Waals surface area contributed by atoms with Gasteiger partial charge in [-0.15, -0.1) is 11.3 Å². The summed E-state index contributed by atoms with van der Waals surface area (Å²) in [7, 11) is 0. The number of nitrogens with two attached hydrogens (primary N) is 1. The van der Waals surface area contributed by atoms with Crippen molar-refractivity contribution in [1.82, 2.24) is 14.1 Å². The second-order valence-electron chi connectivity index (χ2n) is 19.3. The Morgan fingerprint density at radius 1 is 0.544 bits per heavy atom. The molecule has 4 N–H and O–H groups in total. The highest BCUT2D eigenvalue weighted by Crippen LogP contribution is 2.45. The normalized spacial score (nSPS) is 11.4. The van der Waals surface area contributed by atoms with Gasteiger partial charge in [-0.2, -0.15) is 0 Å². The Morgan fingerprint density at radius 3 is 1.91 bits per heavy atom. The zero-order valence-electron chi connectivity index (χ0n) is 44.9. The molecule has 0 radical (unpaired) electrons. The lowest BCUT2D eigenvalue weighted by Crippen LogP contribution is -2.01. The number of thiophene rings is 1. The Morgan fingerprint density at radius 2 is 1.18 bits per heavy atom. The maximum absolute atomic E-state index is 6.15. The van der Waals surface area contributed by atoms with E-state index in [4.69, 9.17) is 16.6 Å². The number of pyridine rings is 1. The van der Waals surface area contributed by atoms with Gasteiger partial charge in [-0.25, -0.2) is 0 Å². The van der Waals surface area contributed by atoms with Gasteiger partial charge in [-0.05, 0) is 145 Å². The van der Waals surface area contributed by atoms with Crippen LogP contribution in [0, 0.1) is 24.7 Å². The molecule has 14 rings (SSSR count). The average molecular weight is 1040 g/mol. The minimum atomic E-state index is 0.494. The number of aryl methyl sites for hydroxylation is 2. The van der Waals surface area contributed by atoms with Crippen molar-refractivity contribution in [2.24, 2.45) is 5.73 Å². The summed E-state index contributed by atoms with van der Waals surface area (Å²) in [6.45, 7) is 16.1. The highest BCUT2D eigenvalue weighted by Gasteiger charge is 2.23. The monoisotopic (exact) mass is 1040 g/mol. The molecule has 386 valence electrons. The number of para-hydroxylation sites is 2. The molecule has 0 aliphatic heterocycles. The fourth-order valence-corrected chi connectivity index (χ4v) is 12.4. The third-order valence-electron chi connectivity index (χ3n) is 14.6. The summed E-state index contributed by atoms with van der Waals surface area (Å²) in [6, 6.07) is 76.2. The summed E-state index contributed by atoms with van der Waals surface area (Å²) in [6.07, 6.45) is 9.11. The lowest BCUT2D eigenvalue weighted by Gasteiger charge is -2.13. The summed E-state index contributed by atoms with van der Waals surface area (Å²) in [5.41, 5.74) is 28.6. The van der Waals surface area contributed by atoms with Gasteiger partial charge in [0.2, 0.25) is 0 Å². The molecule has 0 spiro atoms. The van der Waals surface area contributed by atoms with Crippen molar-refractivity contribution in [3.05, 3.63) is 281 Å². The number of allylic oxidation sites excluding steroid dienone is 1. The number of aromatic nitrogens is 3. The molecule has 0 fully saturated rings. The van der Waals surface area contributed by atoms with Crippen LogP contribution in [0.5, 0.6) is 0 Å². The summed E-state index contributed by atoms with van der Waals surface area (Å²) in [5.74, 6) is 0. The molecule has 13 aromatic rings. The minimum absolute atomic E-state index is 0.494. The average Bonchev–Trinajstić information content (AvgIpc) is 4.02. The van der Waals surface area contributed by atoms with Crippen LogP contribution >= 0.6 is 11.3 Å². The molecule has 1 aliphatic rings. The minimum Gasteiger partial charge on any atom is -0.326 e. The van der Waals surface area contributed by atoms with Gasteiger partial charge in [0.1, 0.15) is 0 Å². The molecule has 0 saturated carbocycles. The van der Waals surface area contributed by atoms with Crippen molar-refractivity contribution in [2.75, 3.05) is 0 Å². The van der Waals surface area contributed by atoms with Crippen molar-refractivity contribution >= 4 is 90.1 Å². The van der Waals surface area contributed by atoms with Crippen molar-refractivity contribution in [3.8, 4) is 33.6 Å².